The Kier molecular flexibility index (Phi) is 9.77. The molecular weight excluding hydrogens is 272 g/mol. The number of ketones is 2. The molecule has 0 saturated heterocycles. The van der Waals surface area contributed by atoms with E-state index in [9.17, 15) is 9.59 Å². The van der Waals surface area contributed by atoms with Crippen LogP contribution >= 0.6 is 0 Å². The fourth-order valence-electron chi connectivity index (χ4n) is 3.07. The van der Waals surface area contributed by atoms with Gasteiger partial charge in [-0.3, -0.25) is 9.59 Å². The summed E-state index contributed by atoms with van der Waals surface area (Å²) in [6, 6.07) is 0. The molecule has 0 aromatic rings. The van der Waals surface area contributed by atoms with Crippen molar-refractivity contribution < 1.29 is 9.59 Å². The Balaban J connectivity index is 2.57. The van der Waals surface area contributed by atoms with Gasteiger partial charge in [-0.1, -0.05) is 38.0 Å². The molecule has 0 fully saturated rings. The van der Waals surface area contributed by atoms with Gasteiger partial charge in [0.05, 0.1) is 0 Å². The van der Waals surface area contributed by atoms with E-state index < -0.39 is 0 Å². The number of hydrogen-bond donors (Lipinski definition) is 0. The highest BCUT2D eigenvalue weighted by atomic mass is 16.1. The minimum atomic E-state index is 0.119. The predicted molar refractivity (Wildman–Crippen MR) is 92.8 cm³/mol. The van der Waals surface area contributed by atoms with Crippen LogP contribution in [0, 0.1) is 11.8 Å². The van der Waals surface area contributed by atoms with Crippen molar-refractivity contribution in [3.63, 3.8) is 0 Å². The SMILES string of the molecule is C=CCC1CCCCC/C=C\CCC(C)C(=O)CCCC1=O. The van der Waals surface area contributed by atoms with E-state index in [-0.39, 0.29) is 11.8 Å². The molecule has 0 amide bonds. The Labute approximate surface area is 136 Å². The molecule has 2 nitrogen and oxygen atoms in total. The lowest BCUT2D eigenvalue weighted by Gasteiger charge is -2.14. The number of rotatable bonds is 2. The quantitative estimate of drug-likeness (QED) is 0.638. The van der Waals surface area contributed by atoms with Gasteiger partial charge in [0.1, 0.15) is 11.6 Å². The Bertz CT molecular complexity index is 381. The zero-order valence-electron chi connectivity index (χ0n) is 14.2. The van der Waals surface area contributed by atoms with Crippen LogP contribution in [0.1, 0.15) is 77.6 Å². The van der Waals surface area contributed by atoms with Crippen LogP contribution in [0.2, 0.25) is 0 Å². The highest BCUT2D eigenvalue weighted by Crippen LogP contribution is 2.20. The van der Waals surface area contributed by atoms with E-state index in [1.807, 2.05) is 13.0 Å². The molecule has 0 bridgehead atoms. The van der Waals surface area contributed by atoms with E-state index in [4.69, 9.17) is 0 Å². The molecule has 2 heteroatoms. The summed E-state index contributed by atoms with van der Waals surface area (Å²) in [5.74, 6) is 0.881. The average Bonchev–Trinajstić information content (AvgIpc) is 2.50. The van der Waals surface area contributed by atoms with E-state index in [0.29, 0.717) is 30.8 Å². The summed E-state index contributed by atoms with van der Waals surface area (Å²) in [6.07, 6.45) is 16.4. The first-order valence-electron chi connectivity index (χ1n) is 8.96. The smallest absolute Gasteiger partial charge is 0.136 e. The van der Waals surface area contributed by atoms with Gasteiger partial charge in [0.25, 0.3) is 0 Å². The average molecular weight is 304 g/mol. The van der Waals surface area contributed by atoms with Gasteiger partial charge in [0.2, 0.25) is 0 Å². The van der Waals surface area contributed by atoms with Crippen LogP contribution in [0.15, 0.2) is 24.8 Å². The van der Waals surface area contributed by atoms with Crippen molar-refractivity contribution in [2.24, 2.45) is 11.8 Å². The van der Waals surface area contributed by atoms with Crippen molar-refractivity contribution in [2.75, 3.05) is 0 Å². The molecule has 0 aromatic heterocycles. The largest absolute Gasteiger partial charge is 0.299 e. The summed E-state index contributed by atoms with van der Waals surface area (Å²) < 4.78 is 0. The summed E-state index contributed by atoms with van der Waals surface area (Å²) in [5, 5.41) is 0. The van der Waals surface area contributed by atoms with Gasteiger partial charge in [-0.05, 0) is 44.9 Å². The van der Waals surface area contributed by atoms with E-state index in [2.05, 4.69) is 18.7 Å². The Hall–Kier alpha value is -1.18. The maximum absolute atomic E-state index is 12.3. The highest BCUT2D eigenvalue weighted by molar-refractivity contribution is 5.83. The Morgan fingerprint density at radius 1 is 1.00 bits per heavy atom. The molecule has 22 heavy (non-hydrogen) atoms. The molecule has 0 heterocycles. The number of hydrogen-bond acceptors (Lipinski definition) is 2. The standard InChI is InChI=1S/C20H32O2/c1-3-12-18-14-10-8-6-4-5-7-9-13-17(2)19(21)15-11-16-20(18)22/h3,5,7,17-18H,1,4,6,8-16H2,2H3/b7-5-. The first-order chi connectivity index (χ1) is 10.6. The summed E-state index contributed by atoms with van der Waals surface area (Å²) in [4.78, 5) is 24.4. The number of carbonyl (C=O) groups excluding carboxylic acids is 2. The first kappa shape index (κ1) is 18.9. The van der Waals surface area contributed by atoms with Crippen LogP contribution < -0.4 is 0 Å². The summed E-state index contributed by atoms with van der Waals surface area (Å²) >= 11 is 0. The van der Waals surface area contributed by atoms with E-state index in [1.165, 1.54) is 12.8 Å². The van der Waals surface area contributed by atoms with Crippen molar-refractivity contribution in [1.82, 2.24) is 0 Å². The molecule has 1 aliphatic rings. The fourth-order valence-corrected chi connectivity index (χ4v) is 3.07. The van der Waals surface area contributed by atoms with Crippen molar-refractivity contribution in [3.8, 4) is 0 Å². The highest BCUT2D eigenvalue weighted by Gasteiger charge is 2.18. The number of Topliss-reactive ketones (excluding diaryl/α,β-unsaturated/α-hetero) is 2. The molecule has 1 aliphatic carbocycles. The lowest BCUT2D eigenvalue weighted by atomic mass is 9.89. The second-order valence-electron chi connectivity index (χ2n) is 6.60. The third-order valence-electron chi connectivity index (χ3n) is 4.66. The van der Waals surface area contributed by atoms with Gasteiger partial charge >= 0.3 is 0 Å². The monoisotopic (exact) mass is 304 g/mol. The lowest BCUT2D eigenvalue weighted by Crippen LogP contribution is -2.16. The molecule has 0 spiro atoms. The van der Waals surface area contributed by atoms with Crippen molar-refractivity contribution in [3.05, 3.63) is 24.8 Å². The van der Waals surface area contributed by atoms with E-state index in [0.717, 1.165) is 38.5 Å². The summed E-state index contributed by atoms with van der Waals surface area (Å²) in [6.45, 7) is 5.79. The van der Waals surface area contributed by atoms with E-state index in [1.54, 1.807) is 0 Å². The number of carbonyl (C=O) groups is 2. The number of allylic oxidation sites excluding steroid dienone is 3. The molecule has 0 saturated carbocycles. The predicted octanol–water partition coefficient (Wildman–Crippen LogP) is 5.42. The second-order valence-corrected chi connectivity index (χ2v) is 6.60. The van der Waals surface area contributed by atoms with Gasteiger partial charge in [0, 0.05) is 24.7 Å². The lowest BCUT2D eigenvalue weighted by molar-refractivity contribution is -0.124. The Morgan fingerprint density at radius 3 is 2.50 bits per heavy atom. The molecule has 0 aliphatic heterocycles. The van der Waals surface area contributed by atoms with Crippen molar-refractivity contribution >= 4 is 11.6 Å². The van der Waals surface area contributed by atoms with Gasteiger partial charge in [0.15, 0.2) is 0 Å². The molecule has 2 atom stereocenters. The minimum absolute atomic E-state index is 0.119. The molecule has 1 rings (SSSR count). The normalized spacial score (nSPS) is 28.2. The fraction of sp³-hybridized carbons (Fsp3) is 0.700. The Morgan fingerprint density at radius 2 is 1.73 bits per heavy atom. The van der Waals surface area contributed by atoms with Gasteiger partial charge in [-0.2, -0.15) is 0 Å². The van der Waals surface area contributed by atoms with Crippen LogP contribution in [-0.4, -0.2) is 11.6 Å². The topological polar surface area (TPSA) is 34.1 Å². The maximum Gasteiger partial charge on any atom is 0.136 e. The van der Waals surface area contributed by atoms with Gasteiger partial charge in [-0.15, -0.1) is 6.58 Å². The molecule has 2 unspecified atom stereocenters. The zero-order chi connectivity index (χ0) is 16.2. The summed E-state index contributed by atoms with van der Waals surface area (Å²) in [7, 11) is 0. The first-order valence-corrected chi connectivity index (χ1v) is 8.96. The summed E-state index contributed by atoms with van der Waals surface area (Å²) in [5.41, 5.74) is 0. The van der Waals surface area contributed by atoms with Crippen LogP contribution in [0.3, 0.4) is 0 Å². The van der Waals surface area contributed by atoms with Crippen LogP contribution in [-0.2, 0) is 9.59 Å². The van der Waals surface area contributed by atoms with Gasteiger partial charge in [-0.25, -0.2) is 0 Å². The van der Waals surface area contributed by atoms with E-state index >= 15 is 0 Å². The minimum Gasteiger partial charge on any atom is -0.299 e. The molecule has 0 radical (unpaired) electrons. The maximum atomic E-state index is 12.3. The van der Waals surface area contributed by atoms with Crippen LogP contribution in [0.5, 0.6) is 0 Å². The van der Waals surface area contributed by atoms with Crippen molar-refractivity contribution in [2.45, 2.75) is 77.6 Å². The molecule has 0 aromatic carbocycles. The zero-order valence-corrected chi connectivity index (χ0v) is 14.2. The van der Waals surface area contributed by atoms with Gasteiger partial charge < -0.3 is 0 Å². The molecule has 124 valence electrons. The third kappa shape index (κ3) is 7.72. The van der Waals surface area contributed by atoms with Crippen LogP contribution in [0.4, 0.5) is 0 Å². The second kappa shape index (κ2) is 11.4. The molecular formula is C20H32O2. The third-order valence-corrected chi connectivity index (χ3v) is 4.66. The molecule has 0 N–H and O–H groups in total. The van der Waals surface area contributed by atoms with Crippen LogP contribution in [0.25, 0.3) is 0 Å². The van der Waals surface area contributed by atoms with Crippen molar-refractivity contribution in [1.29, 1.82) is 0 Å².